The third-order valence-corrected chi connectivity index (χ3v) is 13.1. The van der Waals surface area contributed by atoms with Crippen molar-refractivity contribution in [1.29, 1.82) is 0 Å². The van der Waals surface area contributed by atoms with Crippen LogP contribution in [0, 0.1) is 0 Å². The highest BCUT2D eigenvalue weighted by molar-refractivity contribution is 6.10. The normalized spacial score (nSPS) is 32.5. The van der Waals surface area contributed by atoms with E-state index in [0.29, 0.717) is 24.0 Å². The minimum absolute atomic E-state index is 0.00677. The van der Waals surface area contributed by atoms with E-state index in [-0.39, 0.29) is 41.3 Å². The lowest BCUT2D eigenvalue weighted by Gasteiger charge is -2.44. The third-order valence-electron chi connectivity index (χ3n) is 13.1. The molecular weight excluding hydrogens is 776 g/mol. The number of carboxylic acids is 1. The van der Waals surface area contributed by atoms with E-state index in [0.717, 1.165) is 47.2 Å². The van der Waals surface area contributed by atoms with Crippen LogP contribution in [-0.2, 0) is 19.7 Å². The number of carbonyl (C=O) groups excluding carboxylic acids is 1. The molecule has 2 aliphatic heterocycles. The molecule has 0 bridgehead atoms. The zero-order chi connectivity index (χ0) is 42.7. The zero-order valence-corrected chi connectivity index (χ0v) is 32.8. The first-order chi connectivity index (χ1) is 28.7. The summed E-state index contributed by atoms with van der Waals surface area (Å²) in [4.78, 5) is 36.8. The van der Waals surface area contributed by atoms with E-state index in [1.165, 1.54) is 18.2 Å². The van der Waals surface area contributed by atoms with E-state index >= 15 is 0 Å². The van der Waals surface area contributed by atoms with Gasteiger partial charge < -0.3 is 61.0 Å². The Hall–Kier alpha value is -5.33. The van der Waals surface area contributed by atoms with Gasteiger partial charge in [0.05, 0.1) is 24.3 Å². The SMILES string of the molecule is CC1CCC(c2cc(C=CC(=O)N3c4cc(OC5(O)OC(CO)C(O)C(O)C5O)c(O)cc4C(CC4(c5ccccc5)CCCC4N)C3C(=O)O)ccc2O)c2[nH]cnc21. The summed E-state index contributed by atoms with van der Waals surface area (Å²) in [5.74, 6) is -7.18. The van der Waals surface area contributed by atoms with Gasteiger partial charge in [0, 0.05) is 52.6 Å². The van der Waals surface area contributed by atoms with Crippen LogP contribution in [-0.4, -0.2) is 112 Å². The fraction of sp³-hybridized carbons (Fsp3) is 0.432. The maximum Gasteiger partial charge on any atom is 0.355 e. The molecule has 11 N–H and O–H groups in total. The van der Waals surface area contributed by atoms with Gasteiger partial charge in [-0.3, -0.25) is 9.69 Å². The molecule has 11 unspecified atom stereocenters. The first-order valence-corrected chi connectivity index (χ1v) is 20.2. The molecule has 8 rings (SSSR count). The van der Waals surface area contributed by atoms with Crippen molar-refractivity contribution in [2.24, 2.45) is 5.73 Å². The molecule has 1 aromatic heterocycles. The van der Waals surface area contributed by atoms with Crippen LogP contribution in [0.1, 0.15) is 96.8 Å². The number of hydrogen-bond acceptors (Lipinski definition) is 13. The molecule has 1 amide bonds. The number of fused-ring (bicyclic) bond motifs is 2. The number of aromatic nitrogens is 2. The molecule has 2 fully saturated rings. The van der Waals surface area contributed by atoms with Gasteiger partial charge in [-0.2, -0.15) is 0 Å². The fourth-order valence-electron chi connectivity index (χ4n) is 9.98. The van der Waals surface area contributed by atoms with E-state index in [9.17, 15) is 50.4 Å². The number of aromatic amines is 1. The van der Waals surface area contributed by atoms with Crippen LogP contribution in [0.4, 0.5) is 5.69 Å². The van der Waals surface area contributed by atoms with Crippen molar-refractivity contribution in [2.45, 2.75) is 111 Å². The third kappa shape index (κ3) is 7.01. The molecular formula is C44H50N4O12. The maximum atomic E-state index is 14.6. The average Bonchev–Trinajstić information content (AvgIpc) is 3.96. The largest absolute Gasteiger partial charge is 0.508 e. The molecule has 0 radical (unpaired) electrons. The van der Waals surface area contributed by atoms with Gasteiger partial charge in [0.15, 0.2) is 17.6 Å². The van der Waals surface area contributed by atoms with Crippen molar-refractivity contribution in [1.82, 2.24) is 9.97 Å². The highest BCUT2D eigenvalue weighted by Gasteiger charge is 2.56. The molecule has 4 aliphatic rings. The Bertz CT molecular complexity index is 2280. The number of amides is 1. The minimum atomic E-state index is -3.12. The molecule has 60 heavy (non-hydrogen) atoms. The number of benzene rings is 3. The number of aliphatic hydroxyl groups excluding tert-OH is 4. The Morgan fingerprint density at radius 3 is 2.48 bits per heavy atom. The number of carboxylic acid groups (broad SMARTS) is 1. The van der Waals surface area contributed by atoms with Gasteiger partial charge in [0.1, 0.15) is 30.1 Å². The summed E-state index contributed by atoms with van der Waals surface area (Å²) in [5.41, 5.74) is 10.4. The Labute approximate surface area is 345 Å². The number of aliphatic carboxylic acids is 1. The molecule has 1 saturated heterocycles. The molecule has 11 atom stereocenters. The maximum absolute atomic E-state index is 14.6. The predicted molar refractivity (Wildman–Crippen MR) is 215 cm³/mol. The van der Waals surface area contributed by atoms with Gasteiger partial charge in [-0.05, 0) is 73.1 Å². The lowest BCUT2D eigenvalue weighted by Crippen LogP contribution is -2.67. The molecule has 4 aromatic rings. The number of rotatable bonds is 10. The predicted octanol–water partition coefficient (Wildman–Crippen LogP) is 2.78. The van der Waals surface area contributed by atoms with Crippen LogP contribution in [0.3, 0.4) is 0 Å². The Morgan fingerprint density at radius 2 is 1.78 bits per heavy atom. The molecule has 0 spiro atoms. The highest BCUT2D eigenvalue weighted by atomic mass is 16.8. The van der Waals surface area contributed by atoms with Crippen LogP contribution < -0.4 is 15.4 Å². The van der Waals surface area contributed by atoms with Crippen molar-refractivity contribution in [2.75, 3.05) is 11.5 Å². The number of anilines is 1. The number of ether oxygens (including phenoxy) is 2. The van der Waals surface area contributed by atoms with Crippen LogP contribution in [0.2, 0.25) is 0 Å². The van der Waals surface area contributed by atoms with E-state index in [1.54, 1.807) is 24.5 Å². The summed E-state index contributed by atoms with van der Waals surface area (Å²) in [6.45, 7) is 1.21. The number of imidazole rings is 1. The van der Waals surface area contributed by atoms with Crippen molar-refractivity contribution in [3.8, 4) is 17.2 Å². The quantitative estimate of drug-likeness (QED) is 0.0814. The second-order valence-electron chi connectivity index (χ2n) is 16.6. The van der Waals surface area contributed by atoms with E-state index in [2.05, 4.69) is 16.9 Å². The number of phenolic OH excluding ortho intramolecular Hbond substituents is 2. The molecule has 3 aromatic carbocycles. The number of aliphatic hydroxyl groups is 5. The van der Waals surface area contributed by atoms with Crippen LogP contribution >= 0.6 is 0 Å². The summed E-state index contributed by atoms with van der Waals surface area (Å²) in [7, 11) is 0. The molecule has 3 heterocycles. The van der Waals surface area contributed by atoms with Crippen molar-refractivity contribution >= 4 is 23.6 Å². The number of carbonyl (C=O) groups is 2. The number of aromatic hydroxyl groups is 2. The molecule has 2 aliphatic carbocycles. The van der Waals surface area contributed by atoms with Gasteiger partial charge in [-0.15, -0.1) is 0 Å². The summed E-state index contributed by atoms with van der Waals surface area (Å²) in [5, 5.41) is 85.9. The lowest BCUT2D eigenvalue weighted by atomic mass is 9.68. The highest BCUT2D eigenvalue weighted by Crippen LogP contribution is 2.55. The summed E-state index contributed by atoms with van der Waals surface area (Å²) < 4.78 is 10.9. The van der Waals surface area contributed by atoms with Crippen LogP contribution in [0.15, 0.2) is 73.1 Å². The van der Waals surface area contributed by atoms with Gasteiger partial charge in [0.2, 0.25) is 0 Å². The summed E-state index contributed by atoms with van der Waals surface area (Å²) in [6.07, 6.45) is 0.511. The van der Waals surface area contributed by atoms with Crippen LogP contribution in [0.25, 0.3) is 6.08 Å². The Morgan fingerprint density at radius 1 is 1.02 bits per heavy atom. The second kappa shape index (κ2) is 15.9. The summed E-state index contributed by atoms with van der Waals surface area (Å²) in [6, 6.07) is 15.0. The monoisotopic (exact) mass is 826 g/mol. The number of nitrogens with two attached hydrogens (primary N) is 1. The van der Waals surface area contributed by atoms with E-state index in [4.69, 9.17) is 15.2 Å². The first-order valence-electron chi connectivity index (χ1n) is 20.2. The number of nitrogens with one attached hydrogen (secondary N) is 1. The van der Waals surface area contributed by atoms with E-state index < -0.39 is 77.7 Å². The van der Waals surface area contributed by atoms with E-state index in [1.807, 2.05) is 30.3 Å². The van der Waals surface area contributed by atoms with Crippen molar-refractivity contribution in [3.63, 3.8) is 0 Å². The molecule has 1 saturated carbocycles. The molecule has 318 valence electrons. The van der Waals surface area contributed by atoms with Gasteiger partial charge in [0.25, 0.3) is 5.91 Å². The molecule has 16 heteroatoms. The number of nitrogens with zero attached hydrogens (tertiary/aromatic N) is 2. The van der Waals surface area contributed by atoms with Gasteiger partial charge in [-0.1, -0.05) is 49.7 Å². The number of H-pyrrole nitrogens is 1. The minimum Gasteiger partial charge on any atom is -0.508 e. The summed E-state index contributed by atoms with van der Waals surface area (Å²) >= 11 is 0. The van der Waals surface area contributed by atoms with Crippen molar-refractivity contribution in [3.05, 3.63) is 107 Å². The second-order valence-corrected chi connectivity index (χ2v) is 16.6. The number of hydrogen-bond donors (Lipinski definition) is 10. The fourth-order valence-corrected chi connectivity index (χ4v) is 9.98. The van der Waals surface area contributed by atoms with Crippen molar-refractivity contribution < 1.29 is 59.9 Å². The standard InChI is InChI=1S/C44H50N4O12/c1-22-9-12-25(37-36(22)46-21-47-37)27-16-23(10-13-30(27)50)11-14-35(52)48-29-18-32(59-44(58)41(55)40(54)39(53)33(20-49)60-44)31(51)17-26(29)28(38(48)42(56)57)19-43(15-5-8-34(43)45)24-6-3-2-4-7-24/h2-4,6-7,10-11,13-14,16-18,21-22,25,28,33-34,38-41,49-51,53-55,58H,5,8-9,12,15,19-20,45H2,1H3,(H,46,47)(H,56,57). The van der Waals surface area contributed by atoms with Crippen LogP contribution in [0.5, 0.6) is 17.2 Å². The number of phenols is 2. The Kier molecular flexibility index (Phi) is 11.0. The first kappa shape index (κ1) is 41.4. The lowest BCUT2D eigenvalue weighted by molar-refractivity contribution is -0.422. The van der Waals surface area contributed by atoms with Gasteiger partial charge >= 0.3 is 11.9 Å². The Balaban J connectivity index is 1.19. The zero-order valence-electron chi connectivity index (χ0n) is 32.8. The smallest absolute Gasteiger partial charge is 0.355 e. The average molecular weight is 827 g/mol. The topological polar surface area (TPSA) is 272 Å². The molecule has 16 nitrogen and oxygen atoms in total. The van der Waals surface area contributed by atoms with Gasteiger partial charge in [-0.25, -0.2) is 9.78 Å².